The fourth-order valence-electron chi connectivity index (χ4n) is 3.45. The Hall–Kier alpha value is -3.23. The number of primary amides is 1. The number of nitrogens with two attached hydrogens (primary N) is 1. The number of ether oxygens (including phenoxy) is 1. The highest BCUT2D eigenvalue weighted by atomic mass is 16.5. The maximum Gasteiger partial charge on any atom is 0.312 e. The number of amides is 2. The van der Waals surface area contributed by atoms with Crippen LogP contribution in [-0.4, -0.2) is 51.7 Å². The molecule has 1 saturated heterocycles. The van der Waals surface area contributed by atoms with Gasteiger partial charge >= 0.3 is 5.97 Å². The second-order valence-corrected chi connectivity index (χ2v) is 6.76. The number of esters is 1. The topological polar surface area (TPSA) is 125 Å². The smallest absolute Gasteiger partial charge is 0.312 e. The van der Waals surface area contributed by atoms with Crippen LogP contribution in [0.5, 0.6) is 0 Å². The summed E-state index contributed by atoms with van der Waals surface area (Å²) in [6.07, 6.45) is 1.93. The summed E-state index contributed by atoms with van der Waals surface area (Å²) >= 11 is 0. The molecule has 9 heteroatoms. The molecule has 9 nitrogen and oxygen atoms in total. The predicted octanol–water partition coefficient (Wildman–Crippen LogP) is -0.114. The highest BCUT2D eigenvalue weighted by molar-refractivity contribution is 5.89. The van der Waals surface area contributed by atoms with Gasteiger partial charge in [-0.15, -0.1) is 0 Å². The van der Waals surface area contributed by atoms with Gasteiger partial charge in [-0.3, -0.25) is 19.2 Å². The number of aromatic nitrogens is 2. The molecule has 1 aromatic heterocycles. The number of aryl methyl sites for hydroxylation is 1. The van der Waals surface area contributed by atoms with E-state index in [-0.39, 0.29) is 12.0 Å². The molecule has 0 bridgehead atoms. The third-order valence-corrected chi connectivity index (χ3v) is 4.85. The van der Waals surface area contributed by atoms with Crippen LogP contribution in [0.2, 0.25) is 0 Å². The number of piperidine rings is 1. The standard InChI is InChI=1S/C19H22N4O5/c1-22-19(27)13-7-3-2-6-12(13)14(21-22)10-17(25)28-11-16(24)23-9-5-4-8-15(23)18(20)26/h2-3,6-7,15H,4-5,8-11H2,1H3,(H2,20,26)/t15-/m1/s1. The zero-order valence-corrected chi connectivity index (χ0v) is 15.6. The molecule has 2 aromatic rings. The first-order valence-corrected chi connectivity index (χ1v) is 9.08. The van der Waals surface area contributed by atoms with E-state index in [0.29, 0.717) is 29.4 Å². The molecule has 28 heavy (non-hydrogen) atoms. The van der Waals surface area contributed by atoms with Crippen LogP contribution in [0, 0.1) is 0 Å². The second-order valence-electron chi connectivity index (χ2n) is 6.76. The van der Waals surface area contributed by atoms with Crippen molar-refractivity contribution in [3.05, 3.63) is 40.3 Å². The summed E-state index contributed by atoms with van der Waals surface area (Å²) in [6, 6.07) is 6.20. The molecule has 2 heterocycles. The molecule has 3 rings (SSSR count). The Bertz CT molecular complexity index is 984. The average molecular weight is 386 g/mol. The number of hydrogen-bond donors (Lipinski definition) is 1. The van der Waals surface area contributed by atoms with Crippen LogP contribution in [0.4, 0.5) is 0 Å². The van der Waals surface area contributed by atoms with Crippen molar-refractivity contribution < 1.29 is 19.1 Å². The number of likely N-dealkylation sites (tertiary alicyclic amines) is 1. The second kappa shape index (κ2) is 8.20. The Labute approximate surface area is 161 Å². The Morgan fingerprint density at radius 3 is 2.64 bits per heavy atom. The zero-order valence-electron chi connectivity index (χ0n) is 15.6. The Balaban J connectivity index is 1.67. The van der Waals surface area contributed by atoms with E-state index in [4.69, 9.17) is 10.5 Å². The first kappa shape index (κ1) is 19.5. The molecule has 1 aliphatic heterocycles. The number of fused-ring (bicyclic) bond motifs is 1. The van der Waals surface area contributed by atoms with Crippen LogP contribution < -0.4 is 11.3 Å². The summed E-state index contributed by atoms with van der Waals surface area (Å²) in [5.74, 6) is -1.65. The molecule has 2 amide bonds. The number of carbonyl (C=O) groups is 3. The van der Waals surface area contributed by atoms with Gasteiger partial charge in [-0.1, -0.05) is 18.2 Å². The molecular formula is C19H22N4O5. The molecule has 0 saturated carbocycles. The molecule has 1 fully saturated rings. The molecule has 0 unspecified atom stereocenters. The van der Waals surface area contributed by atoms with Crippen molar-refractivity contribution in [2.45, 2.75) is 31.7 Å². The molecule has 0 spiro atoms. The van der Waals surface area contributed by atoms with Gasteiger partial charge in [0.25, 0.3) is 11.5 Å². The minimum atomic E-state index is -0.658. The molecular weight excluding hydrogens is 364 g/mol. The Kier molecular flexibility index (Phi) is 5.72. The number of benzene rings is 1. The summed E-state index contributed by atoms with van der Waals surface area (Å²) in [7, 11) is 1.51. The highest BCUT2D eigenvalue weighted by Crippen LogP contribution is 2.17. The zero-order chi connectivity index (χ0) is 20.3. The highest BCUT2D eigenvalue weighted by Gasteiger charge is 2.31. The Morgan fingerprint density at radius 2 is 1.93 bits per heavy atom. The molecule has 148 valence electrons. The van der Waals surface area contributed by atoms with E-state index in [9.17, 15) is 19.2 Å². The van der Waals surface area contributed by atoms with Crippen molar-refractivity contribution in [3.8, 4) is 0 Å². The lowest BCUT2D eigenvalue weighted by atomic mass is 10.0. The van der Waals surface area contributed by atoms with Gasteiger partial charge in [0.15, 0.2) is 6.61 Å². The van der Waals surface area contributed by atoms with E-state index in [1.165, 1.54) is 16.6 Å². The molecule has 2 N–H and O–H groups in total. The van der Waals surface area contributed by atoms with Gasteiger partial charge in [-0.05, 0) is 25.3 Å². The fraction of sp³-hybridized carbons (Fsp3) is 0.421. The summed E-state index contributed by atoms with van der Waals surface area (Å²) in [6.45, 7) is -0.0523. The molecule has 1 aliphatic rings. The van der Waals surface area contributed by atoms with Gasteiger partial charge in [0.1, 0.15) is 6.04 Å². The van der Waals surface area contributed by atoms with Crippen molar-refractivity contribution in [2.24, 2.45) is 12.8 Å². The van der Waals surface area contributed by atoms with Crippen LogP contribution in [0.3, 0.4) is 0 Å². The van der Waals surface area contributed by atoms with Crippen LogP contribution in [0.25, 0.3) is 10.8 Å². The van der Waals surface area contributed by atoms with E-state index in [2.05, 4.69) is 5.10 Å². The minimum Gasteiger partial charge on any atom is -0.455 e. The molecule has 0 radical (unpaired) electrons. The third kappa shape index (κ3) is 4.03. The van der Waals surface area contributed by atoms with E-state index < -0.39 is 30.4 Å². The summed E-state index contributed by atoms with van der Waals surface area (Å²) in [4.78, 5) is 49.6. The van der Waals surface area contributed by atoms with Crippen molar-refractivity contribution in [1.29, 1.82) is 0 Å². The van der Waals surface area contributed by atoms with Gasteiger partial charge < -0.3 is 15.4 Å². The summed E-state index contributed by atoms with van der Waals surface area (Å²) in [5.41, 5.74) is 5.49. The van der Waals surface area contributed by atoms with Gasteiger partial charge in [-0.2, -0.15) is 5.10 Å². The number of rotatable bonds is 5. The fourth-order valence-corrected chi connectivity index (χ4v) is 3.45. The molecule has 0 aliphatic carbocycles. The van der Waals surface area contributed by atoms with Gasteiger partial charge in [0.05, 0.1) is 17.5 Å². The summed E-state index contributed by atoms with van der Waals surface area (Å²) < 4.78 is 6.27. The van der Waals surface area contributed by atoms with Crippen molar-refractivity contribution in [2.75, 3.05) is 13.2 Å². The SMILES string of the molecule is Cn1nc(CC(=O)OCC(=O)N2CCCC[C@@H]2C(N)=O)c2ccccc2c1=O. The van der Waals surface area contributed by atoms with Crippen molar-refractivity contribution in [3.63, 3.8) is 0 Å². The third-order valence-electron chi connectivity index (χ3n) is 4.85. The monoisotopic (exact) mass is 386 g/mol. The quantitative estimate of drug-likeness (QED) is 0.715. The van der Waals surface area contributed by atoms with E-state index >= 15 is 0 Å². The molecule has 1 aromatic carbocycles. The normalized spacial score (nSPS) is 16.8. The summed E-state index contributed by atoms with van der Waals surface area (Å²) in [5, 5.41) is 5.16. The van der Waals surface area contributed by atoms with E-state index in [1.54, 1.807) is 24.3 Å². The Morgan fingerprint density at radius 1 is 1.21 bits per heavy atom. The lowest BCUT2D eigenvalue weighted by Crippen LogP contribution is -2.51. The minimum absolute atomic E-state index is 0.179. The first-order valence-electron chi connectivity index (χ1n) is 9.08. The average Bonchev–Trinajstić information content (AvgIpc) is 2.70. The number of hydrogen-bond acceptors (Lipinski definition) is 6. The van der Waals surface area contributed by atoms with Crippen molar-refractivity contribution in [1.82, 2.24) is 14.7 Å². The van der Waals surface area contributed by atoms with Crippen molar-refractivity contribution >= 4 is 28.6 Å². The first-order chi connectivity index (χ1) is 13.4. The largest absolute Gasteiger partial charge is 0.455 e. The predicted molar refractivity (Wildman–Crippen MR) is 100 cm³/mol. The van der Waals surface area contributed by atoms with Crippen LogP contribution in [0.1, 0.15) is 25.0 Å². The maximum atomic E-state index is 12.4. The van der Waals surface area contributed by atoms with Crippen LogP contribution in [0.15, 0.2) is 29.1 Å². The van der Waals surface area contributed by atoms with E-state index in [1.807, 2.05) is 0 Å². The van der Waals surface area contributed by atoms with Gasteiger partial charge in [0.2, 0.25) is 5.91 Å². The van der Waals surface area contributed by atoms with E-state index in [0.717, 1.165) is 12.8 Å². The van der Waals surface area contributed by atoms with Crippen LogP contribution in [-0.2, 0) is 32.6 Å². The lowest BCUT2D eigenvalue weighted by molar-refractivity contribution is -0.154. The number of nitrogens with zero attached hydrogens (tertiary/aromatic N) is 3. The number of carbonyl (C=O) groups excluding carboxylic acids is 3. The van der Waals surface area contributed by atoms with Gasteiger partial charge in [-0.25, -0.2) is 4.68 Å². The molecule has 1 atom stereocenters. The lowest BCUT2D eigenvalue weighted by Gasteiger charge is -2.33. The van der Waals surface area contributed by atoms with Crippen LogP contribution >= 0.6 is 0 Å². The van der Waals surface area contributed by atoms with Gasteiger partial charge in [0, 0.05) is 19.0 Å². The maximum absolute atomic E-state index is 12.4.